The molecule has 2 atom stereocenters. The fourth-order valence-electron chi connectivity index (χ4n) is 4.91. The lowest BCUT2D eigenvalue weighted by molar-refractivity contribution is 0.0772. The van der Waals surface area contributed by atoms with Gasteiger partial charge in [-0.25, -0.2) is 0 Å². The molecule has 3 heterocycles. The number of likely N-dealkylation sites (tertiary alicyclic amines) is 1. The fourth-order valence-corrected chi connectivity index (χ4v) is 4.91. The molecule has 5 heteroatoms. The first-order valence-corrected chi connectivity index (χ1v) is 10.5. The van der Waals surface area contributed by atoms with Crippen molar-refractivity contribution in [2.45, 2.75) is 39.3 Å². The number of aryl methyl sites for hydroxylation is 1. The first-order valence-electron chi connectivity index (χ1n) is 10.5. The number of hydrogen-bond acceptors (Lipinski definition) is 3. The van der Waals surface area contributed by atoms with E-state index in [0.717, 1.165) is 62.6 Å². The van der Waals surface area contributed by atoms with Crippen molar-refractivity contribution in [3.05, 3.63) is 58.9 Å². The summed E-state index contributed by atoms with van der Waals surface area (Å²) in [7, 11) is 0. The van der Waals surface area contributed by atoms with Crippen LogP contribution >= 0.6 is 0 Å². The highest BCUT2D eigenvalue weighted by molar-refractivity contribution is 5.96. The summed E-state index contributed by atoms with van der Waals surface area (Å²) in [6, 6.07) is 13.3. The summed E-state index contributed by atoms with van der Waals surface area (Å²) in [5, 5.41) is 3.41. The van der Waals surface area contributed by atoms with Gasteiger partial charge in [-0.2, -0.15) is 0 Å². The molecule has 1 aromatic heterocycles. The van der Waals surface area contributed by atoms with Crippen LogP contribution in [0.1, 0.15) is 46.7 Å². The number of carbonyl (C=O) groups is 1. The minimum Gasteiger partial charge on any atom is -0.341 e. The third-order valence-electron chi connectivity index (χ3n) is 6.50. The van der Waals surface area contributed by atoms with Gasteiger partial charge in [-0.1, -0.05) is 30.3 Å². The molecular formula is C23H32N4O. The molecule has 1 N–H and O–H groups in total. The minimum absolute atomic E-state index is 0.192. The van der Waals surface area contributed by atoms with Crippen molar-refractivity contribution >= 4 is 5.91 Å². The smallest absolute Gasteiger partial charge is 0.255 e. The van der Waals surface area contributed by atoms with Crippen molar-refractivity contribution in [1.82, 2.24) is 19.7 Å². The summed E-state index contributed by atoms with van der Waals surface area (Å²) in [6.45, 7) is 12.4. The number of nitrogens with zero attached hydrogens (tertiary/aromatic N) is 3. The molecule has 1 amide bonds. The van der Waals surface area contributed by atoms with E-state index in [1.807, 2.05) is 6.07 Å². The standard InChI is InChI=1S/C23H32N4O/c1-17-15-22(19(3)27(17)18(2)20-7-5-4-6-8-20)23(28)26-12-9-21(16-26)25-13-10-24-11-14-25/h4-8,15,18,21,24H,9-14,16H2,1-3H3. The van der Waals surface area contributed by atoms with Crippen LogP contribution in [0.3, 0.4) is 0 Å². The van der Waals surface area contributed by atoms with Gasteiger partial charge in [0.15, 0.2) is 0 Å². The number of piperazine rings is 1. The molecule has 5 nitrogen and oxygen atoms in total. The van der Waals surface area contributed by atoms with E-state index in [0.29, 0.717) is 6.04 Å². The molecule has 2 fully saturated rings. The van der Waals surface area contributed by atoms with E-state index in [1.165, 1.54) is 5.56 Å². The van der Waals surface area contributed by atoms with Crippen LogP contribution in [0.2, 0.25) is 0 Å². The van der Waals surface area contributed by atoms with Crippen molar-refractivity contribution in [1.29, 1.82) is 0 Å². The zero-order chi connectivity index (χ0) is 19.7. The molecule has 2 aliphatic rings. The topological polar surface area (TPSA) is 40.5 Å². The lowest BCUT2D eigenvalue weighted by atomic mass is 10.1. The maximum absolute atomic E-state index is 13.3. The van der Waals surface area contributed by atoms with E-state index in [2.05, 4.69) is 70.8 Å². The Morgan fingerprint density at radius 1 is 1.11 bits per heavy atom. The predicted octanol–water partition coefficient (Wildman–Crippen LogP) is 2.83. The van der Waals surface area contributed by atoms with Gasteiger partial charge in [0, 0.05) is 56.7 Å². The highest BCUT2D eigenvalue weighted by Crippen LogP contribution is 2.27. The van der Waals surface area contributed by atoms with Gasteiger partial charge in [0.05, 0.1) is 11.6 Å². The van der Waals surface area contributed by atoms with Gasteiger partial charge in [-0.3, -0.25) is 9.69 Å². The molecule has 4 rings (SSSR count). The van der Waals surface area contributed by atoms with Gasteiger partial charge in [0.2, 0.25) is 0 Å². The number of nitrogens with one attached hydrogen (secondary N) is 1. The molecule has 28 heavy (non-hydrogen) atoms. The summed E-state index contributed by atoms with van der Waals surface area (Å²) in [5.41, 5.74) is 4.35. The number of aromatic nitrogens is 1. The summed E-state index contributed by atoms with van der Waals surface area (Å²) in [4.78, 5) is 17.9. The van der Waals surface area contributed by atoms with Crippen LogP contribution in [0, 0.1) is 13.8 Å². The Labute approximate surface area is 168 Å². The molecular weight excluding hydrogens is 348 g/mol. The first-order chi connectivity index (χ1) is 13.6. The number of rotatable bonds is 4. The average Bonchev–Trinajstić information content (AvgIpc) is 3.33. The van der Waals surface area contributed by atoms with Gasteiger partial charge in [-0.05, 0) is 38.8 Å². The number of amides is 1. The van der Waals surface area contributed by atoms with Crippen molar-refractivity contribution in [2.75, 3.05) is 39.3 Å². The summed E-state index contributed by atoms with van der Waals surface area (Å²) in [6.07, 6.45) is 1.09. The molecule has 0 bridgehead atoms. The summed E-state index contributed by atoms with van der Waals surface area (Å²) in [5.74, 6) is 0.192. The Balaban J connectivity index is 1.51. The van der Waals surface area contributed by atoms with Crippen LogP contribution in [-0.2, 0) is 0 Å². The van der Waals surface area contributed by atoms with Crippen LogP contribution in [0.25, 0.3) is 0 Å². The molecule has 0 saturated carbocycles. The largest absolute Gasteiger partial charge is 0.341 e. The molecule has 150 valence electrons. The molecule has 0 radical (unpaired) electrons. The van der Waals surface area contributed by atoms with Crippen molar-refractivity contribution in [2.24, 2.45) is 0 Å². The fraction of sp³-hybridized carbons (Fsp3) is 0.522. The Morgan fingerprint density at radius 2 is 1.82 bits per heavy atom. The number of benzene rings is 1. The lowest BCUT2D eigenvalue weighted by Gasteiger charge is -2.32. The maximum atomic E-state index is 13.3. The van der Waals surface area contributed by atoms with E-state index in [9.17, 15) is 4.79 Å². The highest BCUT2D eigenvalue weighted by Gasteiger charge is 2.32. The second kappa shape index (κ2) is 8.10. The van der Waals surface area contributed by atoms with E-state index < -0.39 is 0 Å². The van der Waals surface area contributed by atoms with E-state index in [1.54, 1.807) is 0 Å². The molecule has 2 aromatic rings. The minimum atomic E-state index is 0.192. The Morgan fingerprint density at radius 3 is 2.54 bits per heavy atom. The van der Waals surface area contributed by atoms with E-state index in [-0.39, 0.29) is 11.9 Å². The Bertz CT molecular complexity index is 823. The van der Waals surface area contributed by atoms with Crippen LogP contribution < -0.4 is 5.32 Å². The van der Waals surface area contributed by atoms with Gasteiger partial charge in [-0.15, -0.1) is 0 Å². The van der Waals surface area contributed by atoms with Crippen LogP contribution in [0.4, 0.5) is 0 Å². The number of hydrogen-bond donors (Lipinski definition) is 1. The quantitative estimate of drug-likeness (QED) is 0.887. The van der Waals surface area contributed by atoms with Crippen LogP contribution in [0.15, 0.2) is 36.4 Å². The second-order valence-corrected chi connectivity index (χ2v) is 8.22. The zero-order valence-electron chi connectivity index (χ0n) is 17.3. The van der Waals surface area contributed by atoms with Crippen molar-refractivity contribution in [3.63, 3.8) is 0 Å². The normalized spacial score (nSPS) is 21.8. The SMILES string of the molecule is Cc1cc(C(=O)N2CCC(N3CCNCC3)C2)c(C)n1C(C)c1ccccc1. The van der Waals surface area contributed by atoms with Crippen molar-refractivity contribution in [3.8, 4) is 0 Å². The predicted molar refractivity (Wildman–Crippen MR) is 113 cm³/mol. The average molecular weight is 381 g/mol. The molecule has 2 unspecified atom stereocenters. The maximum Gasteiger partial charge on any atom is 0.255 e. The van der Waals surface area contributed by atoms with E-state index >= 15 is 0 Å². The monoisotopic (exact) mass is 380 g/mol. The Hall–Kier alpha value is -2.11. The zero-order valence-corrected chi connectivity index (χ0v) is 17.3. The molecule has 1 aromatic carbocycles. The third-order valence-corrected chi connectivity index (χ3v) is 6.50. The van der Waals surface area contributed by atoms with Gasteiger partial charge in [0.25, 0.3) is 5.91 Å². The molecule has 0 aliphatic carbocycles. The molecule has 0 spiro atoms. The summed E-state index contributed by atoms with van der Waals surface area (Å²) < 4.78 is 2.30. The highest BCUT2D eigenvalue weighted by atomic mass is 16.2. The number of carbonyl (C=O) groups excluding carboxylic acids is 1. The van der Waals surface area contributed by atoms with Crippen LogP contribution in [0.5, 0.6) is 0 Å². The molecule has 2 saturated heterocycles. The summed E-state index contributed by atoms with van der Waals surface area (Å²) >= 11 is 0. The first kappa shape index (κ1) is 19.2. The van der Waals surface area contributed by atoms with Gasteiger partial charge >= 0.3 is 0 Å². The lowest BCUT2D eigenvalue weighted by Crippen LogP contribution is -2.49. The van der Waals surface area contributed by atoms with Crippen molar-refractivity contribution < 1.29 is 4.79 Å². The Kier molecular flexibility index (Phi) is 5.56. The van der Waals surface area contributed by atoms with Gasteiger partial charge in [0.1, 0.15) is 0 Å². The third kappa shape index (κ3) is 3.61. The van der Waals surface area contributed by atoms with Crippen LogP contribution in [-0.4, -0.2) is 65.6 Å². The molecule has 2 aliphatic heterocycles. The van der Waals surface area contributed by atoms with E-state index in [4.69, 9.17) is 0 Å². The second-order valence-electron chi connectivity index (χ2n) is 8.22. The van der Waals surface area contributed by atoms with Gasteiger partial charge < -0.3 is 14.8 Å².